The molecule has 1 aromatic rings. The Morgan fingerprint density at radius 1 is 1.33 bits per heavy atom. The summed E-state index contributed by atoms with van der Waals surface area (Å²) in [5, 5.41) is 0. The number of halogens is 1. The van der Waals surface area contributed by atoms with Crippen LogP contribution in [0, 0.1) is 0 Å². The van der Waals surface area contributed by atoms with Crippen molar-refractivity contribution in [3.8, 4) is 0 Å². The fourth-order valence-corrected chi connectivity index (χ4v) is 2.59. The van der Waals surface area contributed by atoms with Gasteiger partial charge in [-0.15, -0.1) is 0 Å². The monoisotopic (exact) mass is 249 g/mol. The molecule has 0 fully saturated rings. The van der Waals surface area contributed by atoms with Crippen LogP contribution in [0.25, 0.3) is 0 Å². The van der Waals surface area contributed by atoms with Gasteiger partial charge < -0.3 is 0 Å². The van der Waals surface area contributed by atoms with Crippen LogP contribution in [-0.2, 0) is 6.54 Å². The molecule has 0 amide bonds. The van der Waals surface area contributed by atoms with Gasteiger partial charge in [-0.05, 0) is 0 Å². The van der Waals surface area contributed by atoms with Crippen LogP contribution in [-0.4, -0.2) is 33.0 Å². The van der Waals surface area contributed by atoms with Crippen molar-refractivity contribution >= 4 is 28.6 Å². The molecule has 0 atom stereocenters. The minimum absolute atomic E-state index is 0.0899. The van der Waals surface area contributed by atoms with E-state index in [4.69, 9.17) is 10.1 Å². The second-order valence-electron chi connectivity index (χ2n) is 2.92. The molecule has 0 unspecified atom stereocenters. The van der Waals surface area contributed by atoms with Gasteiger partial charge in [0, 0.05) is 0 Å². The first-order chi connectivity index (χ1) is 5.74. The Morgan fingerprint density at radius 3 is 2.58 bits per heavy atom. The summed E-state index contributed by atoms with van der Waals surface area (Å²) in [6.07, 6.45) is 0. The molecule has 66 valence electrons. The molecule has 0 radical (unpaired) electrons. The Hall–Kier alpha value is -0.0105. The van der Waals surface area contributed by atoms with E-state index in [1.165, 1.54) is 10.0 Å². The summed E-state index contributed by atoms with van der Waals surface area (Å²) >= 11 is 0.0899. The van der Waals surface area contributed by atoms with Crippen LogP contribution >= 0.6 is 10.1 Å². The Balaban J connectivity index is 2.82. The quantitative estimate of drug-likeness (QED) is 0.728. The molecule has 0 aliphatic carbocycles. The average molecular weight is 249 g/mol. The summed E-state index contributed by atoms with van der Waals surface area (Å²) in [6.45, 7) is 0.977. The molecule has 0 spiro atoms. The van der Waals surface area contributed by atoms with Gasteiger partial charge in [0.05, 0.1) is 0 Å². The van der Waals surface area contributed by atoms with Crippen molar-refractivity contribution in [3.05, 3.63) is 29.8 Å². The third kappa shape index (κ3) is 2.80. The van der Waals surface area contributed by atoms with E-state index < -0.39 is 0 Å². The predicted octanol–water partition coefficient (Wildman–Crippen LogP) is 1.23. The number of benzene rings is 1. The van der Waals surface area contributed by atoms with Crippen LogP contribution in [0.5, 0.6) is 0 Å². The first-order valence-corrected chi connectivity index (χ1v) is 6.86. The van der Waals surface area contributed by atoms with Gasteiger partial charge in [-0.1, -0.05) is 0 Å². The molecule has 12 heavy (non-hydrogen) atoms. The van der Waals surface area contributed by atoms with Gasteiger partial charge in [0.1, 0.15) is 0 Å². The normalized spacial score (nSPS) is 10.7. The van der Waals surface area contributed by atoms with Crippen molar-refractivity contribution in [2.75, 3.05) is 14.1 Å². The second-order valence-corrected chi connectivity index (χ2v) is 4.97. The van der Waals surface area contributed by atoms with Gasteiger partial charge in [0.15, 0.2) is 0 Å². The van der Waals surface area contributed by atoms with E-state index in [0.29, 0.717) is 0 Å². The fourth-order valence-electron chi connectivity index (χ4n) is 1.05. The molecule has 3 heteroatoms. The maximum absolute atomic E-state index is 5.86. The first kappa shape index (κ1) is 10.1. The van der Waals surface area contributed by atoms with Gasteiger partial charge in [0.2, 0.25) is 0 Å². The van der Waals surface area contributed by atoms with E-state index in [1.807, 2.05) is 6.07 Å². The topological polar surface area (TPSA) is 3.24 Å². The standard InChI is InChI=1S/C9H12ClNSe/c1-11(2)7-8-5-3-4-6-9(8)12-10/h3-6H,7H2,1-2H3. The Kier molecular flexibility index (Phi) is 4.10. The molecule has 0 saturated heterocycles. The third-order valence-electron chi connectivity index (χ3n) is 1.54. The van der Waals surface area contributed by atoms with E-state index in [0.717, 1.165) is 6.54 Å². The molecular weight excluding hydrogens is 237 g/mol. The zero-order chi connectivity index (χ0) is 8.97. The van der Waals surface area contributed by atoms with Crippen molar-refractivity contribution in [2.24, 2.45) is 0 Å². The molecule has 0 aromatic heterocycles. The molecule has 0 aliphatic heterocycles. The van der Waals surface area contributed by atoms with Crippen molar-refractivity contribution in [1.29, 1.82) is 0 Å². The van der Waals surface area contributed by atoms with E-state index in [1.54, 1.807) is 0 Å². The maximum atomic E-state index is 5.86. The van der Waals surface area contributed by atoms with Crippen molar-refractivity contribution in [3.63, 3.8) is 0 Å². The van der Waals surface area contributed by atoms with Crippen LogP contribution < -0.4 is 4.46 Å². The molecule has 0 saturated carbocycles. The molecule has 1 aromatic carbocycles. The van der Waals surface area contributed by atoms with Gasteiger partial charge in [-0.2, -0.15) is 0 Å². The zero-order valence-corrected chi connectivity index (χ0v) is 9.72. The third-order valence-corrected chi connectivity index (χ3v) is 3.59. The molecule has 0 heterocycles. The number of hydrogen-bond donors (Lipinski definition) is 0. The van der Waals surface area contributed by atoms with E-state index in [-0.39, 0.29) is 14.0 Å². The Labute approximate surface area is 84.1 Å². The van der Waals surface area contributed by atoms with Crippen LogP contribution in [0.4, 0.5) is 0 Å². The van der Waals surface area contributed by atoms with Crippen molar-refractivity contribution in [1.82, 2.24) is 4.90 Å². The van der Waals surface area contributed by atoms with Crippen LogP contribution in [0.15, 0.2) is 24.3 Å². The van der Waals surface area contributed by atoms with Crippen molar-refractivity contribution < 1.29 is 0 Å². The molecule has 0 aliphatic rings. The van der Waals surface area contributed by atoms with E-state index >= 15 is 0 Å². The summed E-state index contributed by atoms with van der Waals surface area (Å²) in [5.74, 6) is 0. The molecule has 0 bridgehead atoms. The second kappa shape index (κ2) is 4.88. The summed E-state index contributed by atoms with van der Waals surface area (Å²) in [4.78, 5) is 2.15. The van der Waals surface area contributed by atoms with Gasteiger partial charge in [-0.25, -0.2) is 0 Å². The van der Waals surface area contributed by atoms with Gasteiger partial charge in [0.25, 0.3) is 0 Å². The van der Waals surface area contributed by atoms with Gasteiger partial charge in [-0.3, -0.25) is 0 Å². The number of nitrogens with zero attached hydrogens (tertiary/aromatic N) is 1. The average Bonchev–Trinajstić information content (AvgIpc) is 2.04. The zero-order valence-electron chi connectivity index (χ0n) is 7.25. The molecule has 0 N–H and O–H groups in total. The van der Waals surface area contributed by atoms with Gasteiger partial charge >= 0.3 is 84.0 Å². The van der Waals surface area contributed by atoms with Crippen LogP contribution in [0.1, 0.15) is 5.56 Å². The molecular formula is C9H12ClNSe. The minimum atomic E-state index is 0.0899. The fraction of sp³-hybridized carbons (Fsp3) is 0.333. The SMILES string of the molecule is CN(C)Cc1ccccc1[Se]Cl. The van der Waals surface area contributed by atoms with Crippen LogP contribution in [0.2, 0.25) is 0 Å². The Bertz CT molecular complexity index is 250. The van der Waals surface area contributed by atoms with Crippen LogP contribution in [0.3, 0.4) is 0 Å². The number of hydrogen-bond acceptors (Lipinski definition) is 1. The van der Waals surface area contributed by atoms with E-state index in [9.17, 15) is 0 Å². The van der Waals surface area contributed by atoms with Crippen molar-refractivity contribution in [2.45, 2.75) is 6.54 Å². The molecule has 1 nitrogen and oxygen atoms in total. The summed E-state index contributed by atoms with van der Waals surface area (Å²) in [5.41, 5.74) is 1.34. The number of rotatable bonds is 3. The predicted molar refractivity (Wildman–Crippen MR) is 55.1 cm³/mol. The molecule has 1 rings (SSSR count). The Morgan fingerprint density at radius 2 is 2.00 bits per heavy atom. The summed E-state index contributed by atoms with van der Waals surface area (Å²) in [7, 11) is 9.99. The summed E-state index contributed by atoms with van der Waals surface area (Å²) < 4.78 is 1.29. The summed E-state index contributed by atoms with van der Waals surface area (Å²) in [6, 6.07) is 8.34. The van der Waals surface area contributed by atoms with E-state index in [2.05, 4.69) is 37.2 Å². The first-order valence-electron chi connectivity index (χ1n) is 3.75.